The first-order valence-electron chi connectivity index (χ1n) is 10.2. The van der Waals surface area contributed by atoms with Crippen LogP contribution < -0.4 is 5.32 Å². The minimum atomic E-state index is -0.549. The summed E-state index contributed by atoms with van der Waals surface area (Å²) in [6, 6.07) is 7.89. The van der Waals surface area contributed by atoms with Gasteiger partial charge in [-0.05, 0) is 30.5 Å². The van der Waals surface area contributed by atoms with Crippen LogP contribution in [0.4, 0.5) is 5.13 Å². The number of hydrogen-bond donors (Lipinski definition) is 2. The number of carbonyl (C=O) groups excluding carboxylic acids is 1. The number of anilines is 1. The molecule has 2 aliphatic rings. The molecule has 0 unspecified atom stereocenters. The average Bonchev–Trinajstić information content (AvgIpc) is 3.19. The van der Waals surface area contributed by atoms with E-state index in [0.29, 0.717) is 36.3 Å². The molecule has 1 aromatic carbocycles. The molecule has 4 rings (SSSR count). The molecular formula is C21H26ClN3O4S. The summed E-state index contributed by atoms with van der Waals surface area (Å²) in [5, 5.41) is 16.3. The first kappa shape index (κ1) is 21.7. The SMILES string of the molecule is O=C(C[C@H]1CC[C@H]2[C@@H](COC[C@H](O)CN2Cc2cccc(Cl)c2)O1)Nc1nccs1. The Morgan fingerprint density at radius 2 is 2.27 bits per heavy atom. The Bertz CT molecular complexity index is 837. The Balaban J connectivity index is 1.40. The van der Waals surface area contributed by atoms with Crippen LogP contribution in [0.25, 0.3) is 0 Å². The third-order valence-corrected chi connectivity index (χ3v) is 6.38. The summed E-state index contributed by atoms with van der Waals surface area (Å²) in [6.45, 7) is 1.86. The second-order valence-electron chi connectivity index (χ2n) is 7.78. The number of β-amino-alcohol motifs (C(OH)–C–C–N with tert-alkyl or cyclic N) is 1. The molecule has 2 aliphatic heterocycles. The number of halogens is 1. The summed E-state index contributed by atoms with van der Waals surface area (Å²) in [4.78, 5) is 18.7. The van der Waals surface area contributed by atoms with Gasteiger partial charge in [0.2, 0.25) is 5.91 Å². The predicted octanol–water partition coefficient (Wildman–Crippen LogP) is 2.93. The molecule has 3 heterocycles. The van der Waals surface area contributed by atoms with Gasteiger partial charge in [-0.2, -0.15) is 0 Å². The zero-order valence-corrected chi connectivity index (χ0v) is 18.1. The lowest BCUT2D eigenvalue weighted by molar-refractivity contribution is -0.156. The van der Waals surface area contributed by atoms with E-state index in [1.165, 1.54) is 11.3 Å². The highest BCUT2D eigenvalue weighted by Crippen LogP contribution is 2.29. The van der Waals surface area contributed by atoms with E-state index in [2.05, 4.69) is 15.2 Å². The number of carbonyl (C=O) groups is 1. The monoisotopic (exact) mass is 451 g/mol. The van der Waals surface area contributed by atoms with Crippen LogP contribution in [0.5, 0.6) is 0 Å². The van der Waals surface area contributed by atoms with Gasteiger partial charge in [0, 0.05) is 35.7 Å². The number of nitrogens with one attached hydrogen (secondary N) is 1. The molecule has 1 amide bonds. The van der Waals surface area contributed by atoms with E-state index in [1.807, 2.05) is 29.6 Å². The number of benzene rings is 1. The van der Waals surface area contributed by atoms with Crippen molar-refractivity contribution < 1.29 is 19.4 Å². The van der Waals surface area contributed by atoms with E-state index >= 15 is 0 Å². The number of hydrogen-bond acceptors (Lipinski definition) is 7. The van der Waals surface area contributed by atoms with Crippen LogP contribution >= 0.6 is 22.9 Å². The van der Waals surface area contributed by atoms with Crippen LogP contribution in [0, 0.1) is 0 Å². The van der Waals surface area contributed by atoms with Crippen molar-refractivity contribution in [3.8, 4) is 0 Å². The number of nitrogens with zero attached hydrogens (tertiary/aromatic N) is 2. The fourth-order valence-corrected chi connectivity index (χ4v) is 4.92. The summed E-state index contributed by atoms with van der Waals surface area (Å²) in [6.07, 6.45) is 2.74. The van der Waals surface area contributed by atoms with Gasteiger partial charge in [-0.15, -0.1) is 11.3 Å². The average molecular weight is 452 g/mol. The van der Waals surface area contributed by atoms with E-state index in [-0.39, 0.29) is 30.8 Å². The number of ether oxygens (including phenoxy) is 2. The van der Waals surface area contributed by atoms with Gasteiger partial charge in [0.1, 0.15) is 0 Å². The molecule has 2 aromatic rings. The summed E-state index contributed by atoms with van der Waals surface area (Å²) >= 11 is 7.55. The van der Waals surface area contributed by atoms with E-state index in [1.54, 1.807) is 6.20 Å². The van der Waals surface area contributed by atoms with E-state index in [4.69, 9.17) is 21.1 Å². The Kier molecular flexibility index (Phi) is 7.35. The van der Waals surface area contributed by atoms with Crippen molar-refractivity contribution in [1.29, 1.82) is 0 Å². The topological polar surface area (TPSA) is 83.9 Å². The van der Waals surface area contributed by atoms with Crippen molar-refractivity contribution in [3.05, 3.63) is 46.4 Å². The van der Waals surface area contributed by atoms with Crippen LogP contribution in [0.3, 0.4) is 0 Å². The minimum absolute atomic E-state index is 0.0913. The molecule has 1 aromatic heterocycles. The van der Waals surface area contributed by atoms with Gasteiger partial charge >= 0.3 is 0 Å². The standard InChI is InChI=1S/C21H26ClN3O4S/c22-15-3-1-2-14(8-15)10-25-11-16(26)12-28-13-19-18(25)5-4-17(29-19)9-20(27)24-21-23-6-7-30-21/h1-3,6-8,16-19,26H,4-5,9-13H2,(H,23,24,27)/t16-,17-,18+,19-/m1/s1. The van der Waals surface area contributed by atoms with E-state index in [9.17, 15) is 9.90 Å². The molecule has 2 fully saturated rings. The maximum Gasteiger partial charge on any atom is 0.228 e. The van der Waals surface area contributed by atoms with Crippen molar-refractivity contribution in [2.75, 3.05) is 25.1 Å². The molecule has 0 spiro atoms. The van der Waals surface area contributed by atoms with Crippen LogP contribution in [0.2, 0.25) is 5.02 Å². The Morgan fingerprint density at radius 1 is 1.37 bits per heavy atom. The quantitative estimate of drug-likeness (QED) is 0.727. The minimum Gasteiger partial charge on any atom is -0.389 e. The molecule has 0 aliphatic carbocycles. The summed E-state index contributed by atoms with van der Waals surface area (Å²) in [5.74, 6) is -0.0913. The molecular weight excluding hydrogens is 426 g/mol. The van der Waals surface area contributed by atoms with E-state index in [0.717, 1.165) is 18.4 Å². The smallest absolute Gasteiger partial charge is 0.228 e. The highest BCUT2D eigenvalue weighted by Gasteiger charge is 2.38. The first-order valence-corrected chi connectivity index (χ1v) is 11.4. The van der Waals surface area contributed by atoms with Crippen LogP contribution in [0.15, 0.2) is 35.8 Å². The molecule has 9 heteroatoms. The zero-order chi connectivity index (χ0) is 20.9. The van der Waals surface area contributed by atoms with Gasteiger partial charge in [0.15, 0.2) is 5.13 Å². The third-order valence-electron chi connectivity index (χ3n) is 5.45. The highest BCUT2D eigenvalue weighted by atomic mass is 35.5. The number of thiazole rings is 1. The lowest BCUT2D eigenvalue weighted by atomic mass is 9.94. The second kappa shape index (κ2) is 10.2. The molecule has 2 N–H and O–H groups in total. The van der Waals surface area contributed by atoms with Gasteiger partial charge in [0.25, 0.3) is 0 Å². The van der Waals surface area contributed by atoms with Crippen LogP contribution in [-0.4, -0.2) is 65.0 Å². The van der Waals surface area contributed by atoms with Crippen LogP contribution in [0.1, 0.15) is 24.8 Å². The maximum absolute atomic E-state index is 12.3. The van der Waals surface area contributed by atoms with Gasteiger partial charge in [-0.1, -0.05) is 23.7 Å². The number of amides is 1. The molecule has 0 radical (unpaired) electrons. The van der Waals surface area contributed by atoms with Crippen molar-refractivity contribution in [2.45, 2.75) is 50.2 Å². The molecule has 4 atom stereocenters. The lowest BCUT2D eigenvalue weighted by Gasteiger charge is -2.44. The van der Waals surface area contributed by atoms with Crippen molar-refractivity contribution in [3.63, 3.8) is 0 Å². The fraction of sp³-hybridized carbons (Fsp3) is 0.524. The maximum atomic E-state index is 12.3. The predicted molar refractivity (Wildman–Crippen MR) is 116 cm³/mol. The van der Waals surface area contributed by atoms with Gasteiger partial charge in [-0.3, -0.25) is 9.69 Å². The molecule has 162 valence electrons. The highest BCUT2D eigenvalue weighted by molar-refractivity contribution is 7.13. The summed E-state index contributed by atoms with van der Waals surface area (Å²) < 4.78 is 12.0. The number of aliphatic hydroxyl groups excluding tert-OH is 1. The summed E-state index contributed by atoms with van der Waals surface area (Å²) in [7, 11) is 0. The largest absolute Gasteiger partial charge is 0.389 e. The Labute approximate surface area is 185 Å². The van der Waals surface area contributed by atoms with Gasteiger partial charge in [0.05, 0.1) is 37.9 Å². The number of fused-ring (bicyclic) bond motifs is 1. The molecule has 0 bridgehead atoms. The van der Waals surface area contributed by atoms with Crippen LogP contribution in [-0.2, 0) is 20.8 Å². The fourth-order valence-electron chi connectivity index (χ4n) is 4.16. The van der Waals surface area contributed by atoms with Gasteiger partial charge < -0.3 is 19.9 Å². The third kappa shape index (κ3) is 5.78. The molecule has 2 saturated heterocycles. The lowest BCUT2D eigenvalue weighted by Crippen LogP contribution is -2.55. The molecule has 0 saturated carbocycles. The van der Waals surface area contributed by atoms with Crippen molar-refractivity contribution >= 4 is 34.0 Å². The second-order valence-corrected chi connectivity index (χ2v) is 9.11. The van der Waals surface area contributed by atoms with Gasteiger partial charge in [-0.25, -0.2) is 4.98 Å². The number of rotatable bonds is 5. The van der Waals surface area contributed by atoms with Crippen molar-refractivity contribution in [2.24, 2.45) is 0 Å². The normalized spacial score (nSPS) is 27.7. The Morgan fingerprint density at radius 3 is 3.07 bits per heavy atom. The molecule has 7 nitrogen and oxygen atoms in total. The number of aliphatic hydroxyl groups is 1. The number of aromatic nitrogens is 1. The molecule has 30 heavy (non-hydrogen) atoms. The van der Waals surface area contributed by atoms with Crippen molar-refractivity contribution in [1.82, 2.24) is 9.88 Å². The van der Waals surface area contributed by atoms with E-state index < -0.39 is 6.10 Å². The first-order chi connectivity index (χ1) is 14.6. The zero-order valence-electron chi connectivity index (χ0n) is 16.6. The Hall–Kier alpha value is -1.55. The summed E-state index contributed by atoms with van der Waals surface area (Å²) in [5.41, 5.74) is 1.10.